The summed E-state index contributed by atoms with van der Waals surface area (Å²) < 4.78 is 0. The van der Waals surface area contributed by atoms with Crippen LogP contribution in [0.4, 0.5) is 17.1 Å². The monoisotopic (exact) mass is 291 g/mol. The number of carbonyl (C=O) groups excluding carboxylic acids is 1. The highest BCUT2D eigenvalue weighted by Crippen LogP contribution is 2.36. The molecule has 5 heteroatoms. The smallest absolute Gasteiger partial charge is 0.228 e. The fraction of sp³-hybridized carbons (Fsp3) is 0.533. The van der Waals surface area contributed by atoms with Gasteiger partial charge in [-0.1, -0.05) is 13.3 Å². The molecule has 4 nitrogen and oxygen atoms in total. The number of benzene rings is 1. The van der Waals surface area contributed by atoms with Crippen molar-refractivity contribution in [2.24, 2.45) is 0 Å². The van der Waals surface area contributed by atoms with Gasteiger partial charge in [0, 0.05) is 17.0 Å². The number of carbonyl (C=O) groups is 1. The average molecular weight is 291 g/mol. The van der Waals surface area contributed by atoms with Gasteiger partial charge in [-0.3, -0.25) is 4.79 Å². The van der Waals surface area contributed by atoms with Gasteiger partial charge in [-0.05, 0) is 36.3 Å². The summed E-state index contributed by atoms with van der Waals surface area (Å²) in [7, 11) is 0. The molecule has 1 aliphatic heterocycles. The predicted molar refractivity (Wildman–Crippen MR) is 86.4 cm³/mol. The number of nitrogen functional groups attached to an aromatic ring is 1. The molecular formula is C15H21N3OS. The first-order valence-electron chi connectivity index (χ1n) is 7.27. The summed E-state index contributed by atoms with van der Waals surface area (Å²) in [5.74, 6) is 1.20. The molecule has 2 unspecified atom stereocenters. The molecule has 2 aliphatic rings. The van der Waals surface area contributed by atoms with Crippen LogP contribution < -0.4 is 16.4 Å². The number of hydrogen-bond donors (Lipinski definition) is 3. The molecule has 3 rings (SSSR count). The van der Waals surface area contributed by atoms with Gasteiger partial charge < -0.3 is 16.4 Å². The van der Waals surface area contributed by atoms with Gasteiger partial charge in [0.25, 0.3) is 0 Å². The predicted octanol–water partition coefficient (Wildman–Crippen LogP) is 2.85. The molecule has 0 spiro atoms. The molecular weight excluding hydrogens is 270 g/mol. The number of fused-ring (bicyclic) bond motifs is 1. The molecule has 1 saturated carbocycles. The summed E-state index contributed by atoms with van der Waals surface area (Å²) in [5.41, 5.74) is 9.74. The summed E-state index contributed by atoms with van der Waals surface area (Å²) in [6, 6.07) is 4.39. The van der Waals surface area contributed by atoms with E-state index >= 15 is 0 Å². The summed E-state index contributed by atoms with van der Waals surface area (Å²) in [5, 5.41) is 7.15. The zero-order valence-corrected chi connectivity index (χ0v) is 12.6. The van der Waals surface area contributed by atoms with E-state index in [-0.39, 0.29) is 5.91 Å². The molecule has 1 amide bonds. The molecule has 108 valence electrons. The molecule has 1 aliphatic carbocycles. The van der Waals surface area contributed by atoms with Gasteiger partial charge in [0.2, 0.25) is 5.91 Å². The van der Waals surface area contributed by atoms with Crippen LogP contribution in [-0.2, 0) is 11.2 Å². The second-order valence-corrected chi connectivity index (χ2v) is 7.01. The first-order valence-corrected chi connectivity index (χ1v) is 8.32. The standard InChI is InChI=1S/C15H21N3OS/c1-2-20-14-5-3-4-11(14)17-13-8-12-9(6-10(13)16)7-15(19)18-12/h6,8,11,14,17H,2-5,7,16H2,1H3,(H,18,19). The van der Waals surface area contributed by atoms with Gasteiger partial charge in [0.1, 0.15) is 0 Å². The molecule has 2 atom stereocenters. The molecule has 1 fully saturated rings. The van der Waals surface area contributed by atoms with Crippen LogP contribution in [-0.4, -0.2) is 23.0 Å². The zero-order valence-electron chi connectivity index (χ0n) is 11.7. The van der Waals surface area contributed by atoms with Gasteiger partial charge >= 0.3 is 0 Å². The lowest BCUT2D eigenvalue weighted by atomic mass is 10.1. The number of hydrogen-bond acceptors (Lipinski definition) is 4. The van der Waals surface area contributed by atoms with E-state index in [0.717, 1.165) is 28.4 Å². The number of nitrogens with two attached hydrogens (primary N) is 1. The normalized spacial score (nSPS) is 24.6. The summed E-state index contributed by atoms with van der Waals surface area (Å²) in [4.78, 5) is 11.4. The first-order chi connectivity index (χ1) is 9.67. The molecule has 1 heterocycles. The first kappa shape index (κ1) is 13.6. The molecule has 1 aromatic rings. The van der Waals surface area contributed by atoms with E-state index < -0.39 is 0 Å². The Balaban J connectivity index is 1.78. The highest BCUT2D eigenvalue weighted by Gasteiger charge is 2.28. The average Bonchev–Trinajstić information content (AvgIpc) is 2.97. The number of amides is 1. The van der Waals surface area contributed by atoms with Crippen LogP contribution in [0.3, 0.4) is 0 Å². The number of thioether (sulfide) groups is 1. The van der Waals surface area contributed by atoms with Crippen molar-refractivity contribution >= 4 is 34.7 Å². The Bertz CT molecular complexity index is 532. The Morgan fingerprint density at radius 2 is 2.30 bits per heavy atom. The minimum atomic E-state index is 0.0526. The molecule has 4 N–H and O–H groups in total. The van der Waals surface area contributed by atoms with Crippen molar-refractivity contribution in [1.29, 1.82) is 0 Å². The topological polar surface area (TPSA) is 67.1 Å². The summed E-state index contributed by atoms with van der Waals surface area (Å²) >= 11 is 2.02. The van der Waals surface area contributed by atoms with Crippen LogP contribution in [0.5, 0.6) is 0 Å². The van der Waals surface area contributed by atoms with Crippen LogP contribution in [0.2, 0.25) is 0 Å². The molecule has 0 aromatic heterocycles. The maximum absolute atomic E-state index is 11.4. The lowest BCUT2D eigenvalue weighted by Gasteiger charge is -2.22. The second kappa shape index (κ2) is 5.56. The summed E-state index contributed by atoms with van der Waals surface area (Å²) in [6.45, 7) is 2.21. The van der Waals surface area contributed by atoms with E-state index in [4.69, 9.17) is 5.73 Å². The maximum Gasteiger partial charge on any atom is 0.228 e. The van der Waals surface area contributed by atoms with Crippen molar-refractivity contribution < 1.29 is 4.79 Å². The van der Waals surface area contributed by atoms with Crippen molar-refractivity contribution in [1.82, 2.24) is 0 Å². The van der Waals surface area contributed by atoms with Gasteiger partial charge in [0.15, 0.2) is 0 Å². The fourth-order valence-corrected chi connectivity index (χ4v) is 4.32. The third kappa shape index (κ3) is 2.59. The number of rotatable bonds is 4. The lowest BCUT2D eigenvalue weighted by Crippen LogP contribution is -2.26. The third-order valence-corrected chi connectivity index (χ3v) is 5.40. The highest BCUT2D eigenvalue weighted by molar-refractivity contribution is 7.99. The van der Waals surface area contributed by atoms with E-state index in [1.807, 2.05) is 23.9 Å². The van der Waals surface area contributed by atoms with E-state index in [2.05, 4.69) is 17.6 Å². The van der Waals surface area contributed by atoms with Crippen molar-refractivity contribution in [3.63, 3.8) is 0 Å². The quantitative estimate of drug-likeness (QED) is 0.746. The van der Waals surface area contributed by atoms with Crippen LogP contribution in [0.25, 0.3) is 0 Å². The minimum absolute atomic E-state index is 0.0526. The zero-order chi connectivity index (χ0) is 14.1. The minimum Gasteiger partial charge on any atom is -0.397 e. The van der Waals surface area contributed by atoms with E-state index in [1.165, 1.54) is 19.3 Å². The van der Waals surface area contributed by atoms with Gasteiger partial charge in [0.05, 0.1) is 17.8 Å². The molecule has 1 aromatic carbocycles. The highest BCUT2D eigenvalue weighted by atomic mass is 32.2. The lowest BCUT2D eigenvalue weighted by molar-refractivity contribution is -0.115. The molecule has 0 saturated heterocycles. The van der Waals surface area contributed by atoms with Crippen LogP contribution in [0.1, 0.15) is 31.7 Å². The van der Waals surface area contributed by atoms with Crippen molar-refractivity contribution in [3.05, 3.63) is 17.7 Å². The van der Waals surface area contributed by atoms with Crippen LogP contribution in [0.15, 0.2) is 12.1 Å². The van der Waals surface area contributed by atoms with Gasteiger partial charge in [-0.15, -0.1) is 0 Å². The van der Waals surface area contributed by atoms with Gasteiger partial charge in [-0.2, -0.15) is 11.8 Å². The largest absolute Gasteiger partial charge is 0.397 e. The van der Waals surface area contributed by atoms with Crippen molar-refractivity contribution in [3.8, 4) is 0 Å². The van der Waals surface area contributed by atoms with Gasteiger partial charge in [-0.25, -0.2) is 0 Å². The number of nitrogens with one attached hydrogen (secondary N) is 2. The van der Waals surface area contributed by atoms with Crippen molar-refractivity contribution in [2.45, 2.75) is 43.9 Å². The Kier molecular flexibility index (Phi) is 3.78. The second-order valence-electron chi connectivity index (χ2n) is 5.50. The maximum atomic E-state index is 11.4. The van der Waals surface area contributed by atoms with E-state index in [1.54, 1.807) is 0 Å². The molecule has 0 radical (unpaired) electrons. The van der Waals surface area contributed by atoms with Crippen LogP contribution >= 0.6 is 11.8 Å². The summed E-state index contributed by atoms with van der Waals surface area (Å²) in [6.07, 6.45) is 4.19. The molecule has 20 heavy (non-hydrogen) atoms. The Morgan fingerprint density at radius 1 is 1.45 bits per heavy atom. The Labute approximate surface area is 123 Å². The number of anilines is 3. The van der Waals surface area contributed by atoms with Crippen molar-refractivity contribution in [2.75, 3.05) is 22.1 Å². The molecule has 0 bridgehead atoms. The Morgan fingerprint density at radius 3 is 3.10 bits per heavy atom. The Hall–Kier alpha value is -1.36. The van der Waals surface area contributed by atoms with E-state index in [9.17, 15) is 4.79 Å². The van der Waals surface area contributed by atoms with E-state index in [0.29, 0.717) is 17.7 Å². The third-order valence-electron chi connectivity index (χ3n) is 4.07. The fourth-order valence-electron chi connectivity index (χ4n) is 3.12. The van der Waals surface area contributed by atoms with Crippen LogP contribution in [0, 0.1) is 0 Å². The SMILES string of the molecule is CCSC1CCCC1Nc1cc2c(cc1N)CC(=O)N2.